The number of carbonyl (C=O) groups excluding carboxylic acids is 2. The van der Waals surface area contributed by atoms with Crippen LogP contribution >= 0.6 is 0 Å². The molecule has 202 valence electrons. The minimum absolute atomic E-state index is 0.152. The van der Waals surface area contributed by atoms with E-state index in [0.29, 0.717) is 28.7 Å². The van der Waals surface area contributed by atoms with Crippen molar-refractivity contribution in [1.29, 1.82) is 0 Å². The molecule has 0 saturated heterocycles. The Hall–Kier alpha value is -4.79. The number of nitrogens with one attached hydrogen (secondary N) is 1. The molecule has 1 N–H and O–H groups in total. The summed E-state index contributed by atoms with van der Waals surface area (Å²) < 4.78 is 17.6. The number of methoxy groups -OCH3 is 3. The normalized spacial score (nSPS) is 10.7. The number of hydrogen-bond acceptors (Lipinski definition) is 6. The Bertz CT molecular complexity index is 1430. The van der Waals surface area contributed by atoms with Crippen LogP contribution in [0.25, 0.3) is 16.9 Å². The lowest BCUT2D eigenvalue weighted by Crippen LogP contribution is -2.42. The van der Waals surface area contributed by atoms with Crippen LogP contribution in [0.4, 0.5) is 5.95 Å². The average Bonchev–Trinajstić information content (AvgIpc) is 3.38. The maximum absolute atomic E-state index is 13.3. The number of carbonyl (C=O) groups is 2. The number of aromatic nitrogens is 2. The van der Waals surface area contributed by atoms with Crippen molar-refractivity contribution >= 4 is 17.8 Å². The summed E-state index contributed by atoms with van der Waals surface area (Å²) >= 11 is 0. The van der Waals surface area contributed by atoms with Gasteiger partial charge in [0.1, 0.15) is 23.8 Å². The van der Waals surface area contributed by atoms with Gasteiger partial charge in [-0.05, 0) is 80.6 Å². The first-order valence-electron chi connectivity index (χ1n) is 12.5. The number of amides is 2. The number of imidazole rings is 1. The average molecular weight is 529 g/mol. The van der Waals surface area contributed by atoms with E-state index < -0.39 is 0 Å². The summed E-state index contributed by atoms with van der Waals surface area (Å²) in [5, 5.41) is 2.90. The monoisotopic (exact) mass is 528 g/mol. The molecule has 1 heterocycles. The van der Waals surface area contributed by atoms with Gasteiger partial charge >= 0.3 is 0 Å². The fourth-order valence-corrected chi connectivity index (χ4v) is 4.04. The molecule has 0 aliphatic rings. The fourth-order valence-electron chi connectivity index (χ4n) is 4.04. The summed E-state index contributed by atoms with van der Waals surface area (Å²) in [5.74, 6) is 1.70. The molecule has 1 aromatic heterocycles. The van der Waals surface area contributed by atoms with Crippen LogP contribution in [0.3, 0.4) is 0 Å². The summed E-state index contributed by atoms with van der Waals surface area (Å²) in [6, 6.07) is 21.6. The smallest absolute Gasteiger partial charge is 0.254 e. The van der Waals surface area contributed by atoms with Crippen molar-refractivity contribution in [3.63, 3.8) is 0 Å². The number of ether oxygens (including phenoxy) is 3. The molecule has 9 heteroatoms. The van der Waals surface area contributed by atoms with Gasteiger partial charge in [-0.1, -0.05) is 6.07 Å². The molecule has 4 aromatic rings. The van der Waals surface area contributed by atoms with Crippen LogP contribution in [-0.2, 0) is 4.79 Å². The highest BCUT2D eigenvalue weighted by Crippen LogP contribution is 2.27. The molecule has 2 amide bonds. The van der Waals surface area contributed by atoms with Crippen molar-refractivity contribution in [2.45, 2.75) is 19.9 Å². The molecule has 3 aromatic carbocycles. The second-order valence-electron chi connectivity index (χ2n) is 9.05. The second-order valence-corrected chi connectivity index (χ2v) is 9.05. The quantitative estimate of drug-likeness (QED) is 0.309. The first kappa shape index (κ1) is 27.3. The topological polar surface area (TPSA) is 94.9 Å². The van der Waals surface area contributed by atoms with Crippen LogP contribution in [0.1, 0.15) is 24.2 Å². The van der Waals surface area contributed by atoms with Gasteiger partial charge in [0.05, 0.1) is 27.0 Å². The summed E-state index contributed by atoms with van der Waals surface area (Å²) in [5.41, 5.74) is 2.75. The molecule has 0 aliphatic carbocycles. The lowest BCUT2D eigenvalue weighted by molar-refractivity contribution is -0.117. The summed E-state index contributed by atoms with van der Waals surface area (Å²) in [6.45, 7) is 3.58. The molecule has 0 saturated carbocycles. The van der Waals surface area contributed by atoms with Crippen molar-refractivity contribution in [2.75, 3.05) is 33.2 Å². The van der Waals surface area contributed by atoms with E-state index in [4.69, 9.17) is 19.2 Å². The van der Waals surface area contributed by atoms with Gasteiger partial charge in [0, 0.05) is 29.1 Å². The van der Waals surface area contributed by atoms with Crippen molar-refractivity contribution in [3.05, 3.63) is 84.6 Å². The van der Waals surface area contributed by atoms with Crippen molar-refractivity contribution in [2.24, 2.45) is 0 Å². The first-order valence-corrected chi connectivity index (χ1v) is 12.5. The standard InChI is InChI=1S/C30H32N4O5/c1-20(2)33(29(36)22-7-6-8-26(17-22)39-5)19-28(35)32-30-31-27(21-9-13-24(37-3)14-10-21)18-34(30)23-11-15-25(38-4)16-12-23/h6-18,20H,19H2,1-5H3,(H,31,32,35). The highest BCUT2D eigenvalue weighted by molar-refractivity contribution is 5.99. The number of hydrogen-bond donors (Lipinski definition) is 1. The molecule has 0 radical (unpaired) electrons. The minimum atomic E-state index is -0.374. The molecular weight excluding hydrogens is 496 g/mol. The molecule has 0 spiro atoms. The molecule has 0 unspecified atom stereocenters. The van der Waals surface area contributed by atoms with E-state index in [2.05, 4.69) is 5.32 Å². The number of anilines is 1. The Morgan fingerprint density at radius 3 is 2.08 bits per heavy atom. The molecule has 9 nitrogen and oxygen atoms in total. The highest BCUT2D eigenvalue weighted by Gasteiger charge is 2.23. The van der Waals surface area contributed by atoms with Gasteiger partial charge in [0.2, 0.25) is 11.9 Å². The van der Waals surface area contributed by atoms with Crippen LogP contribution < -0.4 is 19.5 Å². The van der Waals surface area contributed by atoms with E-state index in [1.165, 1.54) is 4.90 Å². The van der Waals surface area contributed by atoms with E-state index in [1.54, 1.807) is 50.2 Å². The summed E-state index contributed by atoms with van der Waals surface area (Å²) in [4.78, 5) is 32.8. The van der Waals surface area contributed by atoms with E-state index in [0.717, 1.165) is 17.0 Å². The van der Waals surface area contributed by atoms with Crippen LogP contribution in [-0.4, -0.2) is 60.2 Å². The van der Waals surface area contributed by atoms with Crippen molar-refractivity contribution < 1.29 is 23.8 Å². The predicted molar refractivity (Wildman–Crippen MR) is 150 cm³/mol. The zero-order valence-corrected chi connectivity index (χ0v) is 22.7. The predicted octanol–water partition coefficient (Wildman–Crippen LogP) is 5.05. The largest absolute Gasteiger partial charge is 0.497 e. The molecule has 4 rings (SSSR count). The second kappa shape index (κ2) is 12.2. The van der Waals surface area contributed by atoms with Crippen LogP contribution in [0.5, 0.6) is 17.2 Å². The van der Waals surface area contributed by atoms with Gasteiger partial charge < -0.3 is 19.1 Å². The maximum Gasteiger partial charge on any atom is 0.254 e. The van der Waals surface area contributed by atoms with Gasteiger partial charge in [0.15, 0.2) is 0 Å². The highest BCUT2D eigenvalue weighted by atomic mass is 16.5. The van der Waals surface area contributed by atoms with E-state index >= 15 is 0 Å². The van der Waals surface area contributed by atoms with Crippen LogP contribution in [0, 0.1) is 0 Å². The Balaban J connectivity index is 1.62. The van der Waals surface area contributed by atoms with Crippen molar-refractivity contribution in [1.82, 2.24) is 14.5 Å². The van der Waals surface area contributed by atoms with E-state index in [-0.39, 0.29) is 24.4 Å². The van der Waals surface area contributed by atoms with Gasteiger partial charge in [-0.2, -0.15) is 0 Å². The van der Waals surface area contributed by atoms with Crippen LogP contribution in [0.2, 0.25) is 0 Å². The third kappa shape index (κ3) is 6.38. The summed E-state index contributed by atoms with van der Waals surface area (Å²) in [6.07, 6.45) is 1.85. The van der Waals surface area contributed by atoms with Gasteiger partial charge in [0.25, 0.3) is 5.91 Å². The Labute approximate surface area is 227 Å². The third-order valence-corrected chi connectivity index (χ3v) is 6.21. The molecule has 0 bridgehead atoms. The summed E-state index contributed by atoms with van der Waals surface area (Å²) in [7, 11) is 4.76. The molecule has 0 atom stereocenters. The maximum atomic E-state index is 13.3. The first-order chi connectivity index (χ1) is 18.8. The van der Waals surface area contributed by atoms with E-state index in [1.807, 2.05) is 68.6 Å². The Kier molecular flexibility index (Phi) is 8.50. The zero-order valence-electron chi connectivity index (χ0n) is 22.7. The van der Waals surface area contributed by atoms with Crippen molar-refractivity contribution in [3.8, 4) is 34.2 Å². The molecule has 0 fully saturated rings. The molecule has 39 heavy (non-hydrogen) atoms. The number of benzene rings is 3. The SMILES string of the molecule is COc1ccc(-c2cn(-c3ccc(OC)cc3)c(NC(=O)CN(C(=O)c3cccc(OC)c3)C(C)C)n2)cc1. The molecule has 0 aliphatic heterocycles. The number of nitrogens with zero attached hydrogens (tertiary/aromatic N) is 3. The zero-order chi connectivity index (χ0) is 27.9. The van der Waals surface area contributed by atoms with Gasteiger partial charge in [-0.3, -0.25) is 19.5 Å². The van der Waals surface area contributed by atoms with Gasteiger partial charge in [-0.15, -0.1) is 0 Å². The fraction of sp³-hybridized carbons (Fsp3) is 0.233. The Morgan fingerprint density at radius 2 is 1.49 bits per heavy atom. The van der Waals surface area contributed by atoms with E-state index in [9.17, 15) is 9.59 Å². The molecular formula is C30H32N4O5. The minimum Gasteiger partial charge on any atom is -0.497 e. The lowest BCUT2D eigenvalue weighted by atomic mass is 10.1. The van der Waals surface area contributed by atoms with Gasteiger partial charge in [-0.25, -0.2) is 4.98 Å². The van der Waals surface area contributed by atoms with Crippen LogP contribution in [0.15, 0.2) is 79.0 Å². The third-order valence-electron chi connectivity index (χ3n) is 6.21. The lowest BCUT2D eigenvalue weighted by Gasteiger charge is -2.26. The number of rotatable bonds is 10. The Morgan fingerprint density at radius 1 is 0.872 bits per heavy atom.